The zero-order chi connectivity index (χ0) is 17.2. The summed E-state index contributed by atoms with van der Waals surface area (Å²) in [5.41, 5.74) is 2.15. The molecule has 0 aromatic carbocycles. The van der Waals surface area contributed by atoms with Gasteiger partial charge in [-0.25, -0.2) is 9.50 Å². The normalized spacial score (nSPS) is 18.0. The van der Waals surface area contributed by atoms with Crippen molar-refractivity contribution in [2.24, 2.45) is 0 Å². The Bertz CT molecular complexity index is 884. The first-order valence-electron chi connectivity index (χ1n) is 8.63. The van der Waals surface area contributed by atoms with E-state index in [9.17, 15) is 4.79 Å². The van der Waals surface area contributed by atoms with E-state index in [1.807, 2.05) is 28.6 Å². The van der Waals surface area contributed by atoms with Crippen LogP contribution in [0, 0.1) is 6.92 Å². The van der Waals surface area contributed by atoms with E-state index in [-0.39, 0.29) is 11.8 Å². The van der Waals surface area contributed by atoms with Gasteiger partial charge < -0.3 is 4.90 Å². The molecule has 1 amide bonds. The van der Waals surface area contributed by atoms with Crippen LogP contribution in [0.3, 0.4) is 0 Å². The van der Waals surface area contributed by atoms with Gasteiger partial charge in [0.2, 0.25) is 5.91 Å². The number of nitrogens with zero attached hydrogens (tertiary/aromatic N) is 7. The third kappa shape index (κ3) is 3.11. The van der Waals surface area contributed by atoms with Gasteiger partial charge in [0.1, 0.15) is 6.33 Å². The van der Waals surface area contributed by atoms with E-state index < -0.39 is 0 Å². The van der Waals surface area contributed by atoms with Gasteiger partial charge >= 0.3 is 0 Å². The van der Waals surface area contributed by atoms with E-state index >= 15 is 0 Å². The second kappa shape index (κ2) is 6.62. The molecule has 4 rings (SSSR count). The average molecular weight is 339 g/mol. The molecule has 0 radical (unpaired) electrons. The summed E-state index contributed by atoms with van der Waals surface area (Å²) in [5, 5.41) is 8.52. The first-order chi connectivity index (χ1) is 12.2. The maximum atomic E-state index is 12.6. The molecule has 1 atom stereocenters. The predicted octanol–water partition coefficient (Wildman–Crippen LogP) is 1.43. The second-order valence-electron chi connectivity index (χ2n) is 6.47. The SMILES string of the molecule is Cc1ccnn1CCC(=O)N1CCCC(c2ccnc3ncnn23)C1. The number of aromatic nitrogens is 6. The minimum absolute atomic E-state index is 0.184. The minimum Gasteiger partial charge on any atom is -0.342 e. The largest absolute Gasteiger partial charge is 0.342 e. The molecular weight excluding hydrogens is 318 g/mol. The van der Waals surface area contributed by atoms with Crippen LogP contribution in [0.5, 0.6) is 0 Å². The number of rotatable bonds is 4. The Morgan fingerprint density at radius 2 is 2.16 bits per heavy atom. The average Bonchev–Trinajstić information content (AvgIpc) is 3.28. The monoisotopic (exact) mass is 339 g/mol. The lowest BCUT2D eigenvalue weighted by atomic mass is 9.94. The lowest BCUT2D eigenvalue weighted by Gasteiger charge is -2.33. The molecule has 8 heteroatoms. The van der Waals surface area contributed by atoms with Crippen LogP contribution in [-0.2, 0) is 11.3 Å². The van der Waals surface area contributed by atoms with Crippen LogP contribution in [0.25, 0.3) is 5.78 Å². The number of aryl methyl sites for hydroxylation is 2. The molecule has 1 aliphatic heterocycles. The number of carbonyl (C=O) groups excluding carboxylic acids is 1. The highest BCUT2D eigenvalue weighted by Crippen LogP contribution is 2.27. The van der Waals surface area contributed by atoms with E-state index in [0.717, 1.165) is 37.3 Å². The first-order valence-corrected chi connectivity index (χ1v) is 8.63. The quantitative estimate of drug-likeness (QED) is 0.718. The maximum absolute atomic E-state index is 12.6. The fraction of sp³-hybridized carbons (Fsp3) is 0.471. The van der Waals surface area contributed by atoms with Gasteiger partial charge in [0.15, 0.2) is 0 Å². The first kappa shape index (κ1) is 15.7. The van der Waals surface area contributed by atoms with E-state index in [2.05, 4.69) is 20.2 Å². The molecule has 130 valence electrons. The van der Waals surface area contributed by atoms with Crippen molar-refractivity contribution >= 4 is 11.7 Å². The molecule has 1 saturated heterocycles. The van der Waals surface area contributed by atoms with Crippen molar-refractivity contribution < 1.29 is 4.79 Å². The fourth-order valence-corrected chi connectivity index (χ4v) is 3.50. The maximum Gasteiger partial charge on any atom is 0.252 e. The summed E-state index contributed by atoms with van der Waals surface area (Å²) in [7, 11) is 0. The zero-order valence-corrected chi connectivity index (χ0v) is 14.2. The van der Waals surface area contributed by atoms with Crippen molar-refractivity contribution in [1.82, 2.24) is 34.3 Å². The molecule has 3 aromatic rings. The summed E-state index contributed by atoms with van der Waals surface area (Å²) in [6, 6.07) is 3.93. The summed E-state index contributed by atoms with van der Waals surface area (Å²) in [6.07, 6.45) is 7.56. The Hall–Kier alpha value is -2.77. The third-order valence-corrected chi connectivity index (χ3v) is 4.87. The molecule has 1 aliphatic rings. The van der Waals surface area contributed by atoms with Gasteiger partial charge in [0.05, 0.1) is 5.69 Å². The molecule has 8 nitrogen and oxygen atoms in total. The zero-order valence-electron chi connectivity index (χ0n) is 14.2. The van der Waals surface area contributed by atoms with Gasteiger partial charge in [-0.15, -0.1) is 0 Å². The van der Waals surface area contributed by atoms with Crippen molar-refractivity contribution in [3.8, 4) is 0 Å². The molecule has 4 heterocycles. The predicted molar refractivity (Wildman–Crippen MR) is 90.9 cm³/mol. The number of amides is 1. The molecule has 0 aliphatic carbocycles. The van der Waals surface area contributed by atoms with Crippen molar-refractivity contribution in [2.75, 3.05) is 13.1 Å². The number of fused-ring (bicyclic) bond motifs is 1. The lowest BCUT2D eigenvalue weighted by Crippen LogP contribution is -2.40. The summed E-state index contributed by atoms with van der Waals surface area (Å²) < 4.78 is 3.66. The van der Waals surface area contributed by atoms with Crippen LogP contribution >= 0.6 is 0 Å². The summed E-state index contributed by atoms with van der Waals surface area (Å²) in [6.45, 7) is 4.16. The molecule has 1 fully saturated rings. The van der Waals surface area contributed by atoms with Crippen LogP contribution in [0.1, 0.15) is 36.6 Å². The van der Waals surface area contributed by atoms with Gasteiger partial charge in [0.25, 0.3) is 5.78 Å². The highest BCUT2D eigenvalue weighted by Gasteiger charge is 2.26. The fourth-order valence-electron chi connectivity index (χ4n) is 3.50. The van der Waals surface area contributed by atoms with Gasteiger partial charge in [-0.1, -0.05) is 0 Å². The van der Waals surface area contributed by atoms with E-state index in [1.54, 1.807) is 16.9 Å². The molecule has 0 saturated carbocycles. The van der Waals surface area contributed by atoms with Crippen LogP contribution < -0.4 is 0 Å². The van der Waals surface area contributed by atoms with Crippen LogP contribution in [0.2, 0.25) is 0 Å². The minimum atomic E-state index is 0.184. The van der Waals surface area contributed by atoms with E-state index in [4.69, 9.17) is 0 Å². The molecule has 0 spiro atoms. The number of carbonyl (C=O) groups is 1. The highest BCUT2D eigenvalue weighted by molar-refractivity contribution is 5.76. The van der Waals surface area contributed by atoms with Gasteiger partial charge in [0, 0.05) is 50.1 Å². The number of likely N-dealkylation sites (tertiary alicyclic amines) is 1. The topological polar surface area (TPSA) is 81.2 Å². The van der Waals surface area contributed by atoms with Crippen molar-refractivity contribution in [2.45, 2.75) is 38.6 Å². The Kier molecular flexibility index (Phi) is 4.17. The highest BCUT2D eigenvalue weighted by atomic mass is 16.2. The molecule has 3 aromatic heterocycles. The third-order valence-electron chi connectivity index (χ3n) is 4.87. The summed E-state index contributed by atoms with van der Waals surface area (Å²) >= 11 is 0. The summed E-state index contributed by atoms with van der Waals surface area (Å²) in [4.78, 5) is 23.0. The Morgan fingerprint density at radius 3 is 3.00 bits per heavy atom. The van der Waals surface area contributed by atoms with Crippen molar-refractivity contribution in [1.29, 1.82) is 0 Å². The summed E-state index contributed by atoms with van der Waals surface area (Å²) in [5.74, 6) is 1.05. The van der Waals surface area contributed by atoms with Gasteiger partial charge in [-0.05, 0) is 31.9 Å². The van der Waals surface area contributed by atoms with Crippen LogP contribution in [0.15, 0.2) is 30.9 Å². The van der Waals surface area contributed by atoms with Crippen molar-refractivity contribution in [3.05, 3.63) is 42.2 Å². The van der Waals surface area contributed by atoms with Gasteiger partial charge in [-0.3, -0.25) is 9.48 Å². The molecular formula is C17H21N7O. The Labute approximate surface area is 145 Å². The van der Waals surface area contributed by atoms with E-state index in [1.165, 1.54) is 6.33 Å². The van der Waals surface area contributed by atoms with Crippen LogP contribution in [-0.4, -0.2) is 53.3 Å². The number of piperidine rings is 1. The molecule has 0 N–H and O–H groups in total. The van der Waals surface area contributed by atoms with Gasteiger partial charge in [-0.2, -0.15) is 15.2 Å². The smallest absolute Gasteiger partial charge is 0.252 e. The van der Waals surface area contributed by atoms with Crippen molar-refractivity contribution in [3.63, 3.8) is 0 Å². The standard InChI is InChI=1S/C17H21N7O/c1-13-4-8-20-23(13)10-6-16(25)22-9-2-3-14(11-22)15-5-7-18-17-19-12-21-24(15)17/h4-5,7-8,12,14H,2-3,6,9-11H2,1H3. The second-order valence-corrected chi connectivity index (χ2v) is 6.47. The molecule has 1 unspecified atom stereocenters. The Morgan fingerprint density at radius 1 is 1.24 bits per heavy atom. The molecule has 25 heavy (non-hydrogen) atoms. The number of hydrogen-bond acceptors (Lipinski definition) is 5. The van der Waals surface area contributed by atoms with Crippen LogP contribution in [0.4, 0.5) is 0 Å². The number of hydrogen-bond donors (Lipinski definition) is 0. The molecule has 0 bridgehead atoms. The van der Waals surface area contributed by atoms with E-state index in [0.29, 0.717) is 18.7 Å². The Balaban J connectivity index is 1.44. The lowest BCUT2D eigenvalue weighted by molar-refractivity contribution is -0.132.